The van der Waals surface area contributed by atoms with Gasteiger partial charge in [-0.05, 0) is 25.0 Å². The Morgan fingerprint density at radius 3 is 2.74 bits per heavy atom. The molecule has 0 unspecified atom stereocenters. The molecule has 0 aromatic heterocycles. The van der Waals surface area contributed by atoms with E-state index in [4.69, 9.17) is 4.74 Å². The lowest BCUT2D eigenvalue weighted by Crippen LogP contribution is -2.40. The highest BCUT2D eigenvalue weighted by atomic mass is 16.5. The molecule has 0 aliphatic heterocycles. The van der Waals surface area contributed by atoms with Crippen molar-refractivity contribution in [3.63, 3.8) is 0 Å². The first kappa shape index (κ1) is 13.7. The van der Waals surface area contributed by atoms with Gasteiger partial charge in [0.25, 0.3) is 5.91 Å². The first-order valence-electron chi connectivity index (χ1n) is 6.42. The normalized spacial score (nSPS) is 17.2. The van der Waals surface area contributed by atoms with Crippen LogP contribution < -0.4 is 10.1 Å². The smallest absolute Gasteiger partial charge is 0.255 e. The maximum atomic E-state index is 12.0. The number of aromatic hydroxyl groups is 1. The number of carbonyl (C=O) groups excluding carboxylic acids is 1. The summed E-state index contributed by atoms with van der Waals surface area (Å²) in [6.07, 6.45) is 3.38. The standard InChI is InChI=1S/C14H19NO4/c1-19-11-6-4-5-10(12(11)16)13(17)15-9-14(18)7-2-3-8-14/h4-6,16,18H,2-3,7-9H2,1H3,(H,15,17). The van der Waals surface area contributed by atoms with Crippen molar-refractivity contribution in [3.05, 3.63) is 23.8 Å². The molecule has 0 spiro atoms. The van der Waals surface area contributed by atoms with Crippen molar-refractivity contribution in [2.45, 2.75) is 31.3 Å². The van der Waals surface area contributed by atoms with E-state index in [2.05, 4.69) is 5.32 Å². The third-order valence-corrected chi connectivity index (χ3v) is 3.58. The van der Waals surface area contributed by atoms with Crippen LogP contribution in [0.3, 0.4) is 0 Å². The molecule has 1 aromatic carbocycles. The van der Waals surface area contributed by atoms with Gasteiger partial charge in [0.2, 0.25) is 0 Å². The molecule has 19 heavy (non-hydrogen) atoms. The molecule has 2 rings (SSSR count). The molecule has 1 aliphatic rings. The molecular weight excluding hydrogens is 246 g/mol. The van der Waals surface area contributed by atoms with Crippen LogP contribution in [0.25, 0.3) is 0 Å². The Balaban J connectivity index is 2.04. The zero-order valence-electron chi connectivity index (χ0n) is 11.0. The summed E-state index contributed by atoms with van der Waals surface area (Å²) in [5, 5.41) is 22.7. The van der Waals surface area contributed by atoms with E-state index in [9.17, 15) is 15.0 Å². The fourth-order valence-corrected chi connectivity index (χ4v) is 2.42. The van der Waals surface area contributed by atoms with Crippen LogP contribution >= 0.6 is 0 Å². The molecule has 1 aromatic rings. The van der Waals surface area contributed by atoms with Crippen molar-refractivity contribution in [2.75, 3.05) is 13.7 Å². The first-order valence-corrected chi connectivity index (χ1v) is 6.42. The van der Waals surface area contributed by atoms with E-state index in [-0.39, 0.29) is 23.6 Å². The number of carbonyl (C=O) groups is 1. The summed E-state index contributed by atoms with van der Waals surface area (Å²) in [5.41, 5.74) is -0.648. The van der Waals surface area contributed by atoms with Crippen molar-refractivity contribution >= 4 is 5.91 Å². The van der Waals surface area contributed by atoms with Gasteiger partial charge in [0.1, 0.15) is 0 Å². The van der Waals surface area contributed by atoms with Gasteiger partial charge in [-0.25, -0.2) is 0 Å². The average molecular weight is 265 g/mol. The number of para-hydroxylation sites is 1. The zero-order chi connectivity index (χ0) is 13.9. The van der Waals surface area contributed by atoms with E-state index < -0.39 is 11.5 Å². The lowest BCUT2D eigenvalue weighted by molar-refractivity contribution is 0.0449. The number of hydrogen-bond donors (Lipinski definition) is 3. The number of nitrogens with one attached hydrogen (secondary N) is 1. The fraction of sp³-hybridized carbons (Fsp3) is 0.500. The third kappa shape index (κ3) is 2.98. The summed E-state index contributed by atoms with van der Waals surface area (Å²) in [7, 11) is 1.43. The van der Waals surface area contributed by atoms with E-state index in [0.717, 1.165) is 12.8 Å². The Bertz CT molecular complexity index is 467. The SMILES string of the molecule is COc1cccc(C(=O)NCC2(O)CCCC2)c1O. The summed E-state index contributed by atoms with van der Waals surface area (Å²) >= 11 is 0. The van der Waals surface area contributed by atoms with Crippen LogP contribution in [0, 0.1) is 0 Å². The second kappa shape index (κ2) is 5.48. The van der Waals surface area contributed by atoms with Crippen molar-refractivity contribution < 1.29 is 19.7 Å². The number of rotatable bonds is 4. The Morgan fingerprint density at radius 2 is 2.11 bits per heavy atom. The maximum absolute atomic E-state index is 12.0. The Hall–Kier alpha value is -1.75. The van der Waals surface area contributed by atoms with E-state index in [1.54, 1.807) is 12.1 Å². The van der Waals surface area contributed by atoms with Crippen LogP contribution in [0.2, 0.25) is 0 Å². The summed E-state index contributed by atoms with van der Waals surface area (Å²) in [6.45, 7) is 0.211. The average Bonchev–Trinajstić information content (AvgIpc) is 2.84. The highest BCUT2D eigenvalue weighted by molar-refractivity contribution is 5.97. The fourth-order valence-electron chi connectivity index (χ4n) is 2.42. The van der Waals surface area contributed by atoms with Gasteiger partial charge in [-0.1, -0.05) is 18.9 Å². The van der Waals surface area contributed by atoms with Crippen molar-refractivity contribution in [2.24, 2.45) is 0 Å². The summed E-state index contributed by atoms with van der Waals surface area (Å²) in [6, 6.07) is 4.74. The maximum Gasteiger partial charge on any atom is 0.255 e. The Kier molecular flexibility index (Phi) is 3.95. The summed E-state index contributed by atoms with van der Waals surface area (Å²) in [5.74, 6) is -0.329. The Morgan fingerprint density at radius 1 is 1.42 bits per heavy atom. The van der Waals surface area contributed by atoms with Gasteiger partial charge in [0.15, 0.2) is 11.5 Å². The predicted octanol–water partition coefficient (Wildman–Crippen LogP) is 1.44. The molecule has 0 bridgehead atoms. The molecule has 0 heterocycles. The molecule has 1 amide bonds. The summed E-state index contributed by atoms with van der Waals surface area (Å²) in [4.78, 5) is 12.0. The zero-order valence-corrected chi connectivity index (χ0v) is 11.0. The van der Waals surface area contributed by atoms with Crippen LogP contribution in [-0.4, -0.2) is 35.4 Å². The lowest BCUT2D eigenvalue weighted by Gasteiger charge is -2.22. The van der Waals surface area contributed by atoms with E-state index >= 15 is 0 Å². The molecule has 5 nitrogen and oxygen atoms in total. The van der Waals surface area contributed by atoms with E-state index in [1.807, 2.05) is 0 Å². The summed E-state index contributed by atoms with van der Waals surface area (Å²) < 4.78 is 4.95. The quantitative estimate of drug-likeness (QED) is 0.769. The molecule has 0 radical (unpaired) electrons. The van der Waals surface area contributed by atoms with Crippen LogP contribution in [0.1, 0.15) is 36.0 Å². The highest BCUT2D eigenvalue weighted by Gasteiger charge is 2.31. The van der Waals surface area contributed by atoms with Crippen molar-refractivity contribution in [1.82, 2.24) is 5.32 Å². The number of phenolic OH excluding ortho intramolecular Hbond substituents is 1. The van der Waals surface area contributed by atoms with Gasteiger partial charge >= 0.3 is 0 Å². The number of hydrogen-bond acceptors (Lipinski definition) is 4. The van der Waals surface area contributed by atoms with Gasteiger partial charge in [-0.2, -0.15) is 0 Å². The van der Waals surface area contributed by atoms with Gasteiger partial charge in [0, 0.05) is 6.54 Å². The second-order valence-electron chi connectivity index (χ2n) is 4.97. The largest absolute Gasteiger partial charge is 0.504 e. The highest BCUT2D eigenvalue weighted by Crippen LogP contribution is 2.30. The topological polar surface area (TPSA) is 78.8 Å². The van der Waals surface area contributed by atoms with Crippen LogP contribution in [0.4, 0.5) is 0 Å². The minimum Gasteiger partial charge on any atom is -0.504 e. The lowest BCUT2D eigenvalue weighted by atomic mass is 10.0. The van der Waals surface area contributed by atoms with Gasteiger partial charge < -0.3 is 20.3 Å². The molecule has 0 saturated heterocycles. The monoisotopic (exact) mass is 265 g/mol. The van der Waals surface area contributed by atoms with Crippen LogP contribution in [-0.2, 0) is 0 Å². The molecule has 0 atom stereocenters. The number of amides is 1. The molecule has 5 heteroatoms. The molecule has 1 aliphatic carbocycles. The van der Waals surface area contributed by atoms with Crippen LogP contribution in [0.5, 0.6) is 11.5 Å². The molecule has 3 N–H and O–H groups in total. The number of methoxy groups -OCH3 is 1. The van der Waals surface area contributed by atoms with Gasteiger partial charge in [-0.15, -0.1) is 0 Å². The van der Waals surface area contributed by atoms with Crippen molar-refractivity contribution in [3.8, 4) is 11.5 Å². The van der Waals surface area contributed by atoms with Crippen LogP contribution in [0.15, 0.2) is 18.2 Å². The molecule has 104 valence electrons. The number of phenols is 1. The third-order valence-electron chi connectivity index (χ3n) is 3.58. The van der Waals surface area contributed by atoms with E-state index in [1.165, 1.54) is 13.2 Å². The van der Waals surface area contributed by atoms with E-state index in [0.29, 0.717) is 12.8 Å². The second-order valence-corrected chi connectivity index (χ2v) is 4.97. The number of aliphatic hydroxyl groups is 1. The molecule has 1 saturated carbocycles. The number of ether oxygens (including phenoxy) is 1. The minimum atomic E-state index is -0.801. The molecule has 1 fully saturated rings. The van der Waals surface area contributed by atoms with Gasteiger partial charge in [-0.3, -0.25) is 4.79 Å². The first-order chi connectivity index (χ1) is 9.06. The van der Waals surface area contributed by atoms with Gasteiger partial charge in [0.05, 0.1) is 18.3 Å². The Labute approximate surface area is 112 Å². The molecular formula is C14H19NO4. The number of benzene rings is 1. The predicted molar refractivity (Wildman–Crippen MR) is 70.4 cm³/mol. The van der Waals surface area contributed by atoms with Crippen molar-refractivity contribution in [1.29, 1.82) is 0 Å². The minimum absolute atomic E-state index is 0.154.